The molecule has 1 unspecified atom stereocenters. The maximum atomic E-state index is 12.0. The van der Waals surface area contributed by atoms with Crippen LogP contribution in [0.5, 0.6) is 0 Å². The molecule has 0 saturated carbocycles. The fourth-order valence-electron chi connectivity index (χ4n) is 1.38. The largest absolute Gasteiger partial charge is 0.398 e. The molecule has 1 atom stereocenters. The van der Waals surface area contributed by atoms with Crippen LogP contribution in [0.25, 0.3) is 0 Å². The highest BCUT2D eigenvalue weighted by atomic mass is 79.9. The zero-order valence-electron chi connectivity index (χ0n) is 10.4. The summed E-state index contributed by atoms with van der Waals surface area (Å²) in [5.74, 6) is 0.457. The van der Waals surface area contributed by atoms with Gasteiger partial charge in [0.2, 0.25) is 0 Å². The third kappa shape index (κ3) is 5.48. The summed E-state index contributed by atoms with van der Waals surface area (Å²) in [5.41, 5.74) is 6.36. The molecule has 18 heavy (non-hydrogen) atoms. The van der Waals surface area contributed by atoms with E-state index < -0.39 is 10.8 Å². The van der Waals surface area contributed by atoms with Crippen LogP contribution in [0.3, 0.4) is 0 Å². The number of anilines is 1. The number of nitrogens with two attached hydrogens (primary N) is 1. The zero-order chi connectivity index (χ0) is 13.4. The van der Waals surface area contributed by atoms with Crippen LogP contribution in [0.2, 0.25) is 0 Å². The Morgan fingerprint density at radius 3 is 2.78 bits per heavy atom. The van der Waals surface area contributed by atoms with Crippen LogP contribution in [-0.4, -0.2) is 36.9 Å². The van der Waals surface area contributed by atoms with Gasteiger partial charge in [0, 0.05) is 30.5 Å². The summed E-state index contributed by atoms with van der Waals surface area (Å²) in [6.07, 6.45) is 0.851. The first-order valence-corrected chi connectivity index (χ1v) is 7.76. The van der Waals surface area contributed by atoms with Crippen molar-refractivity contribution in [2.45, 2.75) is 11.3 Å². The van der Waals surface area contributed by atoms with Gasteiger partial charge in [0.1, 0.15) is 0 Å². The summed E-state index contributed by atoms with van der Waals surface area (Å²) in [4.78, 5) is 0.665. The molecule has 1 aromatic carbocycles. The molecule has 0 radical (unpaired) electrons. The van der Waals surface area contributed by atoms with Gasteiger partial charge >= 0.3 is 0 Å². The lowest BCUT2D eigenvalue weighted by molar-refractivity contribution is 0.112. The van der Waals surface area contributed by atoms with E-state index in [2.05, 4.69) is 15.9 Å². The van der Waals surface area contributed by atoms with Gasteiger partial charge in [0.15, 0.2) is 0 Å². The van der Waals surface area contributed by atoms with Gasteiger partial charge < -0.3 is 15.2 Å². The van der Waals surface area contributed by atoms with Gasteiger partial charge in [0.05, 0.1) is 28.1 Å². The number of benzene rings is 1. The Morgan fingerprint density at radius 2 is 2.11 bits per heavy atom. The SMILES string of the molecule is COCCCOCCS(=O)c1ccc(Br)cc1N. The third-order valence-corrected chi connectivity index (χ3v) is 4.16. The smallest absolute Gasteiger partial charge is 0.0619 e. The van der Waals surface area contributed by atoms with Crippen LogP contribution < -0.4 is 5.73 Å². The topological polar surface area (TPSA) is 61.5 Å². The molecule has 0 amide bonds. The van der Waals surface area contributed by atoms with Crippen LogP contribution in [0.1, 0.15) is 6.42 Å². The van der Waals surface area contributed by atoms with E-state index in [4.69, 9.17) is 15.2 Å². The van der Waals surface area contributed by atoms with Crippen molar-refractivity contribution in [2.75, 3.05) is 38.4 Å². The van der Waals surface area contributed by atoms with Crippen molar-refractivity contribution in [3.05, 3.63) is 22.7 Å². The highest BCUT2D eigenvalue weighted by molar-refractivity contribution is 9.10. The minimum absolute atomic E-state index is 0.457. The van der Waals surface area contributed by atoms with Crippen molar-refractivity contribution >= 4 is 32.4 Å². The molecular formula is C12H18BrNO3S. The minimum Gasteiger partial charge on any atom is -0.398 e. The molecule has 0 aliphatic heterocycles. The number of ether oxygens (including phenoxy) is 2. The van der Waals surface area contributed by atoms with E-state index in [9.17, 15) is 4.21 Å². The van der Waals surface area contributed by atoms with Crippen LogP contribution in [0.15, 0.2) is 27.6 Å². The van der Waals surface area contributed by atoms with Gasteiger partial charge in [-0.05, 0) is 24.6 Å². The molecule has 0 aromatic heterocycles. The van der Waals surface area contributed by atoms with E-state index in [1.165, 1.54) is 0 Å². The molecule has 0 spiro atoms. The second-order valence-corrected chi connectivity index (χ2v) is 6.15. The standard InChI is InChI=1S/C12H18BrNO3S/c1-16-5-2-6-17-7-8-18(15)12-4-3-10(13)9-11(12)14/h3-4,9H,2,5-8,14H2,1H3. The van der Waals surface area contributed by atoms with Crippen molar-refractivity contribution < 1.29 is 13.7 Å². The van der Waals surface area contributed by atoms with Crippen molar-refractivity contribution in [2.24, 2.45) is 0 Å². The first kappa shape index (κ1) is 15.6. The Bertz CT molecular complexity index is 401. The number of halogens is 1. The van der Waals surface area contributed by atoms with E-state index in [1.807, 2.05) is 6.07 Å². The molecule has 4 nitrogen and oxygen atoms in total. The molecule has 0 heterocycles. The summed E-state index contributed by atoms with van der Waals surface area (Å²) < 4.78 is 23.1. The first-order valence-electron chi connectivity index (χ1n) is 5.65. The minimum atomic E-state index is -1.11. The Balaban J connectivity index is 2.32. The van der Waals surface area contributed by atoms with Gasteiger partial charge in [-0.3, -0.25) is 4.21 Å². The fraction of sp³-hybridized carbons (Fsp3) is 0.500. The molecule has 1 rings (SSSR count). The molecular weight excluding hydrogens is 318 g/mol. The monoisotopic (exact) mass is 335 g/mol. The predicted octanol–water partition coefficient (Wildman–Crippen LogP) is 2.19. The summed E-state index contributed by atoms with van der Waals surface area (Å²) in [5, 5.41) is 0. The predicted molar refractivity (Wildman–Crippen MR) is 77.1 cm³/mol. The molecule has 0 fully saturated rings. The van der Waals surface area contributed by atoms with Gasteiger partial charge in [0.25, 0.3) is 0 Å². The molecule has 0 aliphatic rings. The van der Waals surface area contributed by atoms with E-state index in [1.54, 1.807) is 19.2 Å². The maximum Gasteiger partial charge on any atom is 0.0619 e. The molecule has 102 valence electrons. The van der Waals surface area contributed by atoms with Crippen molar-refractivity contribution in [3.63, 3.8) is 0 Å². The van der Waals surface area contributed by atoms with Gasteiger partial charge in [-0.25, -0.2) is 0 Å². The average molecular weight is 336 g/mol. The molecule has 0 bridgehead atoms. The van der Waals surface area contributed by atoms with E-state index in [0.717, 1.165) is 10.9 Å². The third-order valence-electron chi connectivity index (χ3n) is 2.27. The number of hydrogen-bond donors (Lipinski definition) is 1. The molecule has 6 heteroatoms. The Hall–Kier alpha value is -0.430. The summed E-state index contributed by atoms with van der Waals surface area (Å²) in [6, 6.07) is 5.37. The van der Waals surface area contributed by atoms with Crippen LogP contribution in [0.4, 0.5) is 5.69 Å². The van der Waals surface area contributed by atoms with Crippen molar-refractivity contribution in [3.8, 4) is 0 Å². The van der Waals surface area contributed by atoms with E-state index >= 15 is 0 Å². The van der Waals surface area contributed by atoms with E-state index in [-0.39, 0.29) is 0 Å². The quantitative estimate of drug-likeness (QED) is 0.584. The molecule has 0 aliphatic carbocycles. The normalized spacial score (nSPS) is 12.6. The lowest BCUT2D eigenvalue weighted by Crippen LogP contribution is -2.09. The van der Waals surface area contributed by atoms with E-state index in [0.29, 0.717) is 36.2 Å². The highest BCUT2D eigenvalue weighted by Crippen LogP contribution is 2.21. The summed E-state index contributed by atoms with van der Waals surface area (Å²) in [7, 11) is 0.546. The van der Waals surface area contributed by atoms with Crippen LogP contribution in [-0.2, 0) is 20.3 Å². The maximum absolute atomic E-state index is 12.0. The molecule has 2 N–H and O–H groups in total. The Labute approximate surface area is 118 Å². The number of hydrogen-bond acceptors (Lipinski definition) is 4. The number of methoxy groups -OCH3 is 1. The second kappa shape index (κ2) is 8.63. The Kier molecular flexibility index (Phi) is 7.50. The van der Waals surface area contributed by atoms with Crippen LogP contribution in [0, 0.1) is 0 Å². The van der Waals surface area contributed by atoms with Crippen LogP contribution >= 0.6 is 15.9 Å². The van der Waals surface area contributed by atoms with Gasteiger partial charge in [-0.15, -0.1) is 0 Å². The average Bonchev–Trinajstić information content (AvgIpc) is 2.33. The molecule has 1 aromatic rings. The lowest BCUT2D eigenvalue weighted by Gasteiger charge is -2.07. The highest BCUT2D eigenvalue weighted by Gasteiger charge is 2.08. The number of rotatable bonds is 8. The van der Waals surface area contributed by atoms with Crippen molar-refractivity contribution in [1.29, 1.82) is 0 Å². The second-order valence-electron chi connectivity index (χ2n) is 3.69. The number of nitrogen functional groups attached to an aromatic ring is 1. The van der Waals surface area contributed by atoms with Crippen molar-refractivity contribution in [1.82, 2.24) is 0 Å². The first-order chi connectivity index (χ1) is 8.65. The van der Waals surface area contributed by atoms with Gasteiger partial charge in [-0.1, -0.05) is 15.9 Å². The lowest BCUT2D eigenvalue weighted by atomic mass is 10.3. The Morgan fingerprint density at radius 1 is 1.33 bits per heavy atom. The molecule has 0 saturated heterocycles. The zero-order valence-corrected chi connectivity index (χ0v) is 12.8. The summed E-state index contributed by atoms with van der Waals surface area (Å²) in [6.45, 7) is 1.77. The van der Waals surface area contributed by atoms with Gasteiger partial charge in [-0.2, -0.15) is 0 Å². The summed E-state index contributed by atoms with van der Waals surface area (Å²) >= 11 is 3.32. The fourth-order valence-corrected chi connectivity index (χ4v) is 2.79.